The molecule has 1 aliphatic carbocycles. The Balaban J connectivity index is 2.01. The molecule has 2 heteroatoms. The van der Waals surface area contributed by atoms with Gasteiger partial charge in [0.05, 0.1) is 0 Å². The molecule has 2 fully saturated rings. The topological polar surface area (TPSA) is 38.0 Å². The van der Waals surface area contributed by atoms with Gasteiger partial charge in [-0.25, -0.2) is 0 Å². The predicted molar refractivity (Wildman–Crippen MR) is 41.7 cm³/mol. The number of nitrogens with two attached hydrogens (primary N) is 1. The second-order valence-corrected chi connectivity index (χ2v) is 3.66. The fourth-order valence-electron chi connectivity index (χ4n) is 2.42. The van der Waals surface area contributed by atoms with E-state index in [1.165, 1.54) is 32.4 Å². The van der Waals surface area contributed by atoms with E-state index in [0.717, 1.165) is 11.8 Å². The lowest BCUT2D eigenvalue weighted by Gasteiger charge is -2.28. The summed E-state index contributed by atoms with van der Waals surface area (Å²) in [5.74, 6) is 1.75. The van der Waals surface area contributed by atoms with Crippen molar-refractivity contribution >= 4 is 0 Å². The minimum atomic E-state index is 0.498. The van der Waals surface area contributed by atoms with Gasteiger partial charge in [0, 0.05) is 6.04 Å². The van der Waals surface area contributed by atoms with E-state index in [4.69, 9.17) is 5.73 Å². The van der Waals surface area contributed by atoms with Gasteiger partial charge in [-0.05, 0) is 44.2 Å². The van der Waals surface area contributed by atoms with Crippen LogP contribution in [0.1, 0.15) is 19.3 Å². The van der Waals surface area contributed by atoms with Crippen molar-refractivity contribution in [3.8, 4) is 0 Å². The van der Waals surface area contributed by atoms with E-state index in [9.17, 15) is 0 Å². The minimum absolute atomic E-state index is 0.498. The van der Waals surface area contributed by atoms with Crippen molar-refractivity contribution in [1.82, 2.24) is 5.32 Å². The lowest BCUT2D eigenvalue weighted by atomic mass is 9.88. The Labute approximate surface area is 62.2 Å². The van der Waals surface area contributed by atoms with Gasteiger partial charge < -0.3 is 11.1 Å². The monoisotopic (exact) mass is 140 g/mol. The summed E-state index contributed by atoms with van der Waals surface area (Å²) in [4.78, 5) is 0. The summed E-state index contributed by atoms with van der Waals surface area (Å²) in [6.07, 6.45) is 4.00. The summed E-state index contributed by atoms with van der Waals surface area (Å²) in [5, 5.41) is 3.41. The molecule has 2 rings (SSSR count). The number of fused-ring (bicyclic) bond motifs is 1. The van der Waals surface area contributed by atoms with Gasteiger partial charge >= 0.3 is 0 Å². The highest BCUT2D eigenvalue weighted by atomic mass is 14.9. The molecule has 0 amide bonds. The van der Waals surface area contributed by atoms with Gasteiger partial charge in [0.2, 0.25) is 0 Å². The highest BCUT2D eigenvalue weighted by Crippen LogP contribution is 2.34. The smallest absolute Gasteiger partial charge is 0.00820 e. The number of hydrogen-bond acceptors (Lipinski definition) is 2. The first-order valence-electron chi connectivity index (χ1n) is 4.34. The van der Waals surface area contributed by atoms with Crippen LogP contribution in [0.4, 0.5) is 0 Å². The molecule has 0 radical (unpaired) electrons. The van der Waals surface area contributed by atoms with E-state index < -0.39 is 0 Å². The van der Waals surface area contributed by atoms with E-state index in [-0.39, 0.29) is 0 Å². The quantitative estimate of drug-likeness (QED) is 0.509. The van der Waals surface area contributed by atoms with Crippen molar-refractivity contribution in [3.63, 3.8) is 0 Å². The van der Waals surface area contributed by atoms with E-state index >= 15 is 0 Å². The zero-order valence-corrected chi connectivity index (χ0v) is 6.34. The van der Waals surface area contributed by atoms with Gasteiger partial charge in [-0.1, -0.05) is 0 Å². The molecule has 2 aliphatic rings. The molecule has 1 heterocycles. The van der Waals surface area contributed by atoms with Gasteiger partial charge in [-0.2, -0.15) is 0 Å². The number of hydrogen-bond donors (Lipinski definition) is 2. The highest BCUT2D eigenvalue weighted by Gasteiger charge is 2.34. The summed E-state index contributed by atoms with van der Waals surface area (Å²) in [6.45, 7) is 2.39. The van der Waals surface area contributed by atoms with Crippen molar-refractivity contribution in [2.75, 3.05) is 13.1 Å². The summed E-state index contributed by atoms with van der Waals surface area (Å²) >= 11 is 0. The average Bonchev–Trinajstić information content (AvgIpc) is 2.34. The first kappa shape index (κ1) is 6.62. The molecule has 1 saturated heterocycles. The standard InChI is InChI=1S/C8H16N2/c9-8-2-1-6-3-4-10-5-7(6)8/h6-8,10H,1-5,9H2/t6-,7+,8+/m0/s1. The Morgan fingerprint density at radius 3 is 2.90 bits per heavy atom. The normalized spacial score (nSPS) is 47.1. The van der Waals surface area contributed by atoms with Gasteiger partial charge in [0.15, 0.2) is 0 Å². The molecule has 0 aromatic rings. The summed E-state index contributed by atoms with van der Waals surface area (Å²) in [5.41, 5.74) is 5.95. The zero-order chi connectivity index (χ0) is 6.97. The van der Waals surface area contributed by atoms with Crippen LogP contribution in [-0.2, 0) is 0 Å². The van der Waals surface area contributed by atoms with Gasteiger partial charge in [-0.3, -0.25) is 0 Å². The molecule has 1 saturated carbocycles. The molecular formula is C8H16N2. The lowest BCUT2D eigenvalue weighted by molar-refractivity contribution is 0.278. The van der Waals surface area contributed by atoms with Crippen LogP contribution in [0.2, 0.25) is 0 Å². The van der Waals surface area contributed by atoms with Crippen LogP contribution in [0.15, 0.2) is 0 Å². The van der Waals surface area contributed by atoms with Crippen LogP contribution in [0.5, 0.6) is 0 Å². The molecule has 0 aromatic carbocycles. The molecular weight excluding hydrogens is 124 g/mol. The Morgan fingerprint density at radius 2 is 2.10 bits per heavy atom. The van der Waals surface area contributed by atoms with E-state index in [1.54, 1.807) is 0 Å². The Kier molecular flexibility index (Phi) is 1.66. The number of rotatable bonds is 0. The fraction of sp³-hybridized carbons (Fsp3) is 1.00. The molecule has 0 bridgehead atoms. The van der Waals surface area contributed by atoms with Crippen LogP contribution in [0.3, 0.4) is 0 Å². The van der Waals surface area contributed by atoms with Crippen molar-refractivity contribution in [2.24, 2.45) is 17.6 Å². The van der Waals surface area contributed by atoms with Gasteiger partial charge in [0.25, 0.3) is 0 Å². The third-order valence-electron chi connectivity index (χ3n) is 3.10. The Hall–Kier alpha value is -0.0800. The second kappa shape index (κ2) is 2.51. The fourth-order valence-corrected chi connectivity index (χ4v) is 2.42. The lowest BCUT2D eigenvalue weighted by Crippen LogP contribution is -2.41. The number of piperidine rings is 1. The van der Waals surface area contributed by atoms with Crippen molar-refractivity contribution in [1.29, 1.82) is 0 Å². The van der Waals surface area contributed by atoms with E-state index in [1.807, 2.05) is 0 Å². The summed E-state index contributed by atoms with van der Waals surface area (Å²) < 4.78 is 0. The molecule has 0 spiro atoms. The van der Waals surface area contributed by atoms with Crippen LogP contribution < -0.4 is 11.1 Å². The molecule has 2 nitrogen and oxygen atoms in total. The van der Waals surface area contributed by atoms with Crippen LogP contribution >= 0.6 is 0 Å². The molecule has 0 unspecified atom stereocenters. The van der Waals surface area contributed by atoms with Crippen molar-refractivity contribution in [2.45, 2.75) is 25.3 Å². The Morgan fingerprint density at radius 1 is 1.20 bits per heavy atom. The van der Waals surface area contributed by atoms with Gasteiger partial charge in [0.1, 0.15) is 0 Å². The van der Waals surface area contributed by atoms with Crippen molar-refractivity contribution < 1.29 is 0 Å². The third kappa shape index (κ3) is 0.956. The molecule has 0 aromatic heterocycles. The first-order valence-corrected chi connectivity index (χ1v) is 4.34. The third-order valence-corrected chi connectivity index (χ3v) is 3.10. The van der Waals surface area contributed by atoms with Crippen LogP contribution in [-0.4, -0.2) is 19.1 Å². The molecule has 1 aliphatic heterocycles. The molecule has 3 atom stereocenters. The molecule has 58 valence electrons. The maximum absolute atomic E-state index is 5.95. The maximum Gasteiger partial charge on any atom is 0.00820 e. The van der Waals surface area contributed by atoms with E-state index in [2.05, 4.69) is 5.32 Å². The Bertz CT molecular complexity index is 122. The largest absolute Gasteiger partial charge is 0.327 e. The SMILES string of the molecule is N[C@@H]1CC[C@H]2CCNC[C@H]21. The highest BCUT2D eigenvalue weighted by molar-refractivity contribution is 4.91. The zero-order valence-electron chi connectivity index (χ0n) is 6.34. The van der Waals surface area contributed by atoms with Crippen molar-refractivity contribution in [3.05, 3.63) is 0 Å². The second-order valence-electron chi connectivity index (χ2n) is 3.66. The van der Waals surface area contributed by atoms with E-state index in [0.29, 0.717) is 6.04 Å². The van der Waals surface area contributed by atoms with Gasteiger partial charge in [-0.15, -0.1) is 0 Å². The summed E-state index contributed by atoms with van der Waals surface area (Å²) in [6, 6.07) is 0.498. The predicted octanol–water partition coefficient (Wildman–Crippen LogP) is 0.333. The maximum atomic E-state index is 5.95. The van der Waals surface area contributed by atoms with Crippen LogP contribution in [0.25, 0.3) is 0 Å². The summed E-state index contributed by atoms with van der Waals surface area (Å²) in [7, 11) is 0. The minimum Gasteiger partial charge on any atom is -0.327 e. The van der Waals surface area contributed by atoms with Crippen LogP contribution in [0, 0.1) is 11.8 Å². The molecule has 3 N–H and O–H groups in total. The average molecular weight is 140 g/mol. The number of nitrogens with one attached hydrogen (secondary N) is 1. The first-order chi connectivity index (χ1) is 4.88. The molecule has 10 heavy (non-hydrogen) atoms.